The minimum Gasteiger partial charge on any atom is -0.353 e. The Balaban J connectivity index is 1.95. The zero-order chi connectivity index (χ0) is 9.80. The Morgan fingerprint density at radius 2 is 2.36 bits per heavy atom. The maximum absolute atomic E-state index is 10.4. The molecule has 3 heteroatoms. The summed E-state index contributed by atoms with van der Waals surface area (Å²) in [5, 5.41) is 4.24. The first-order valence-corrected chi connectivity index (χ1v) is 5.45. The van der Waals surface area contributed by atoms with E-state index in [-0.39, 0.29) is 0 Å². The van der Waals surface area contributed by atoms with Gasteiger partial charge in [0.2, 0.25) is 0 Å². The van der Waals surface area contributed by atoms with Crippen molar-refractivity contribution in [3.63, 3.8) is 0 Å². The molecule has 2 aromatic heterocycles. The van der Waals surface area contributed by atoms with Crippen molar-refractivity contribution in [1.82, 2.24) is 4.57 Å². The molecule has 0 aliphatic carbocycles. The van der Waals surface area contributed by atoms with Gasteiger partial charge in [-0.2, -0.15) is 11.3 Å². The summed E-state index contributed by atoms with van der Waals surface area (Å²) in [4.78, 5) is 10.4. The summed E-state index contributed by atoms with van der Waals surface area (Å²) < 4.78 is 2.04. The number of aryl methyl sites for hydroxylation is 2. The first-order chi connectivity index (χ1) is 6.88. The van der Waals surface area contributed by atoms with Gasteiger partial charge in [-0.1, -0.05) is 0 Å². The van der Waals surface area contributed by atoms with E-state index in [1.807, 2.05) is 23.0 Å². The molecule has 0 spiro atoms. The van der Waals surface area contributed by atoms with Crippen LogP contribution in [0.5, 0.6) is 0 Å². The molecule has 0 saturated heterocycles. The highest BCUT2D eigenvalue weighted by molar-refractivity contribution is 7.07. The van der Waals surface area contributed by atoms with Gasteiger partial charge in [0, 0.05) is 24.5 Å². The second-order valence-electron chi connectivity index (χ2n) is 3.18. The largest absolute Gasteiger partial charge is 0.353 e. The van der Waals surface area contributed by atoms with E-state index in [0.717, 1.165) is 24.8 Å². The number of rotatable bonds is 4. The number of carbonyl (C=O) groups is 1. The minimum absolute atomic E-state index is 0.746. The summed E-state index contributed by atoms with van der Waals surface area (Å²) in [6.45, 7) is 0.935. The maximum Gasteiger partial charge on any atom is 0.151 e. The van der Waals surface area contributed by atoms with Crippen LogP contribution in [0.2, 0.25) is 0 Å². The molecule has 0 atom stereocenters. The van der Waals surface area contributed by atoms with E-state index in [0.29, 0.717) is 0 Å². The smallest absolute Gasteiger partial charge is 0.151 e. The average Bonchev–Trinajstić information content (AvgIpc) is 2.86. The van der Waals surface area contributed by atoms with Crippen molar-refractivity contribution in [2.75, 3.05) is 0 Å². The van der Waals surface area contributed by atoms with Crippen LogP contribution in [0.4, 0.5) is 0 Å². The van der Waals surface area contributed by atoms with Gasteiger partial charge >= 0.3 is 0 Å². The number of hydrogen-bond acceptors (Lipinski definition) is 2. The number of carbonyl (C=O) groups excluding carboxylic acids is 1. The molecule has 0 unspecified atom stereocenters. The fourth-order valence-electron chi connectivity index (χ4n) is 1.36. The fourth-order valence-corrected chi connectivity index (χ4v) is 2.06. The molecule has 0 fully saturated rings. The number of aromatic nitrogens is 1. The summed E-state index contributed by atoms with van der Waals surface area (Å²) in [6, 6.07) is 3.97. The van der Waals surface area contributed by atoms with Crippen LogP contribution in [0.15, 0.2) is 35.3 Å². The van der Waals surface area contributed by atoms with Crippen LogP contribution in [0, 0.1) is 0 Å². The monoisotopic (exact) mass is 205 g/mol. The van der Waals surface area contributed by atoms with E-state index < -0.39 is 0 Å². The molecular formula is C11H11NOS. The van der Waals surface area contributed by atoms with Gasteiger partial charge in [-0.3, -0.25) is 4.79 Å². The predicted molar refractivity (Wildman–Crippen MR) is 57.8 cm³/mol. The summed E-state index contributed by atoms with van der Waals surface area (Å²) in [5.41, 5.74) is 2.10. The molecule has 2 heterocycles. The maximum atomic E-state index is 10.4. The third kappa shape index (κ3) is 2.12. The van der Waals surface area contributed by atoms with E-state index in [9.17, 15) is 4.79 Å². The zero-order valence-electron chi connectivity index (χ0n) is 7.72. The van der Waals surface area contributed by atoms with Crippen molar-refractivity contribution in [2.45, 2.75) is 13.0 Å². The Kier molecular flexibility index (Phi) is 2.79. The van der Waals surface area contributed by atoms with E-state index in [1.165, 1.54) is 5.56 Å². The molecule has 72 valence electrons. The number of nitrogens with zero attached hydrogens (tertiary/aromatic N) is 1. The van der Waals surface area contributed by atoms with Crippen LogP contribution < -0.4 is 0 Å². The first kappa shape index (κ1) is 9.21. The van der Waals surface area contributed by atoms with Gasteiger partial charge in [-0.15, -0.1) is 0 Å². The van der Waals surface area contributed by atoms with Gasteiger partial charge in [-0.25, -0.2) is 0 Å². The van der Waals surface area contributed by atoms with Crippen LogP contribution in [0.25, 0.3) is 0 Å². The number of aldehydes is 1. The SMILES string of the molecule is O=Cc1ccn(CCc2ccsc2)c1. The van der Waals surface area contributed by atoms with Crippen LogP contribution in [0.1, 0.15) is 15.9 Å². The van der Waals surface area contributed by atoms with Crippen LogP contribution >= 0.6 is 11.3 Å². The van der Waals surface area contributed by atoms with Crippen molar-refractivity contribution in [3.8, 4) is 0 Å². The van der Waals surface area contributed by atoms with E-state index in [2.05, 4.69) is 16.8 Å². The molecule has 0 aliphatic heterocycles. The lowest BCUT2D eigenvalue weighted by molar-refractivity contribution is 0.112. The molecule has 2 nitrogen and oxygen atoms in total. The van der Waals surface area contributed by atoms with Gasteiger partial charge in [0.05, 0.1) is 0 Å². The molecule has 0 saturated carbocycles. The molecule has 2 aromatic rings. The van der Waals surface area contributed by atoms with Gasteiger partial charge in [0.25, 0.3) is 0 Å². The van der Waals surface area contributed by atoms with Gasteiger partial charge < -0.3 is 4.57 Å². The second kappa shape index (κ2) is 4.24. The van der Waals surface area contributed by atoms with E-state index in [1.54, 1.807) is 11.3 Å². The lowest BCUT2D eigenvalue weighted by Crippen LogP contribution is -1.97. The van der Waals surface area contributed by atoms with Crippen molar-refractivity contribution in [1.29, 1.82) is 0 Å². The number of hydrogen-bond donors (Lipinski definition) is 0. The average molecular weight is 205 g/mol. The third-order valence-electron chi connectivity index (χ3n) is 2.15. The summed E-state index contributed by atoms with van der Waals surface area (Å²) in [6.07, 6.45) is 5.72. The minimum atomic E-state index is 0.746. The molecule has 0 amide bonds. The Hall–Kier alpha value is -1.35. The van der Waals surface area contributed by atoms with Crippen molar-refractivity contribution >= 4 is 17.6 Å². The number of thiophene rings is 1. The topological polar surface area (TPSA) is 22.0 Å². The van der Waals surface area contributed by atoms with Crippen molar-refractivity contribution < 1.29 is 4.79 Å². The molecule has 0 bridgehead atoms. The third-order valence-corrected chi connectivity index (χ3v) is 2.88. The highest BCUT2D eigenvalue weighted by Gasteiger charge is 1.96. The quantitative estimate of drug-likeness (QED) is 0.703. The standard InChI is InChI=1S/C11H11NOS/c13-8-11-2-5-12(7-11)4-1-10-3-6-14-9-10/h2-3,5-9H,1,4H2. The molecular weight excluding hydrogens is 194 g/mol. The Bertz CT molecular complexity index is 403. The Labute approximate surface area is 86.8 Å². The van der Waals surface area contributed by atoms with Crippen LogP contribution in [0.3, 0.4) is 0 Å². The van der Waals surface area contributed by atoms with E-state index in [4.69, 9.17) is 0 Å². The van der Waals surface area contributed by atoms with Crippen LogP contribution in [-0.4, -0.2) is 10.9 Å². The second-order valence-corrected chi connectivity index (χ2v) is 3.96. The van der Waals surface area contributed by atoms with Gasteiger partial charge in [-0.05, 0) is 34.9 Å². The van der Waals surface area contributed by atoms with Crippen molar-refractivity contribution in [3.05, 3.63) is 46.4 Å². The summed E-state index contributed by atoms with van der Waals surface area (Å²) in [5.74, 6) is 0. The lowest BCUT2D eigenvalue weighted by Gasteiger charge is -1.99. The molecule has 14 heavy (non-hydrogen) atoms. The molecule has 0 aliphatic rings. The highest BCUT2D eigenvalue weighted by atomic mass is 32.1. The lowest BCUT2D eigenvalue weighted by atomic mass is 10.2. The summed E-state index contributed by atoms with van der Waals surface area (Å²) in [7, 11) is 0. The highest BCUT2D eigenvalue weighted by Crippen LogP contribution is 2.08. The van der Waals surface area contributed by atoms with Gasteiger partial charge in [0.15, 0.2) is 6.29 Å². The molecule has 0 N–H and O–H groups in total. The van der Waals surface area contributed by atoms with Crippen molar-refractivity contribution in [2.24, 2.45) is 0 Å². The molecule has 0 aromatic carbocycles. The van der Waals surface area contributed by atoms with Crippen LogP contribution in [-0.2, 0) is 13.0 Å². The van der Waals surface area contributed by atoms with Gasteiger partial charge in [0.1, 0.15) is 0 Å². The molecule has 0 radical (unpaired) electrons. The Morgan fingerprint density at radius 3 is 3.00 bits per heavy atom. The predicted octanol–water partition coefficient (Wildman–Crippen LogP) is 2.60. The normalized spacial score (nSPS) is 10.3. The first-order valence-electron chi connectivity index (χ1n) is 4.50. The zero-order valence-corrected chi connectivity index (χ0v) is 8.54. The van der Waals surface area contributed by atoms with E-state index >= 15 is 0 Å². The fraction of sp³-hybridized carbons (Fsp3) is 0.182. The Morgan fingerprint density at radius 1 is 1.43 bits per heavy atom. The molecule has 2 rings (SSSR count). The summed E-state index contributed by atoms with van der Waals surface area (Å²) >= 11 is 1.72.